The Bertz CT molecular complexity index is 1900. The normalized spacial score (nSPS) is 11.3. The zero-order chi connectivity index (χ0) is 29.1. The molecule has 0 bridgehead atoms. The summed E-state index contributed by atoms with van der Waals surface area (Å²) in [5.74, 6) is 0.518. The molecule has 0 aliphatic carbocycles. The number of fused-ring (bicyclic) bond motifs is 1. The molecule has 0 aliphatic rings. The maximum Gasteiger partial charge on any atom is 0.519 e. The smallest absolute Gasteiger partial charge is 0.454 e. The van der Waals surface area contributed by atoms with Crippen LogP contribution in [0.4, 0.5) is 0 Å². The van der Waals surface area contributed by atoms with Crippen molar-refractivity contribution < 1.29 is 18.4 Å². The summed E-state index contributed by atoms with van der Waals surface area (Å²) >= 11 is 0. The second kappa shape index (κ2) is 11.7. The summed E-state index contributed by atoms with van der Waals surface area (Å²) in [5.41, 5.74) is 5.75. The zero-order valence-corrected chi connectivity index (χ0v) is 23.2. The van der Waals surface area contributed by atoms with E-state index in [0.29, 0.717) is 29.0 Å². The van der Waals surface area contributed by atoms with Crippen molar-refractivity contribution in [3.05, 3.63) is 106 Å². The zero-order valence-electron chi connectivity index (χ0n) is 23.2. The van der Waals surface area contributed by atoms with Crippen molar-refractivity contribution in [3.8, 4) is 22.5 Å². The van der Waals surface area contributed by atoms with Crippen molar-refractivity contribution in [2.45, 2.75) is 46.3 Å². The van der Waals surface area contributed by atoms with Gasteiger partial charge in [0.2, 0.25) is 5.82 Å². The van der Waals surface area contributed by atoms with Gasteiger partial charge in [-0.1, -0.05) is 67.9 Å². The summed E-state index contributed by atoms with van der Waals surface area (Å²) in [4.78, 5) is 29.6. The number of hydrogen-bond donors (Lipinski definition) is 1. The summed E-state index contributed by atoms with van der Waals surface area (Å²) in [6.45, 7) is 4.02. The van der Waals surface area contributed by atoms with E-state index in [-0.39, 0.29) is 18.1 Å². The first-order chi connectivity index (χ1) is 20.5. The van der Waals surface area contributed by atoms with E-state index in [1.54, 1.807) is 19.1 Å². The monoisotopic (exact) mass is 564 g/mol. The lowest BCUT2D eigenvalue weighted by molar-refractivity contribution is 0.0444. The first-order valence-electron chi connectivity index (χ1n) is 13.7. The highest BCUT2D eigenvalue weighted by molar-refractivity contribution is 6.02. The number of nitrogens with zero attached hydrogens (tertiary/aromatic N) is 5. The van der Waals surface area contributed by atoms with Gasteiger partial charge in [-0.3, -0.25) is 0 Å². The number of nitrogens with one attached hydrogen (secondary N) is 1. The summed E-state index contributed by atoms with van der Waals surface area (Å²) < 4.78 is 17.5. The molecule has 0 amide bonds. The summed E-state index contributed by atoms with van der Waals surface area (Å²) in [5, 5.41) is 14.5. The molecule has 6 rings (SSSR count). The molecule has 42 heavy (non-hydrogen) atoms. The fourth-order valence-corrected chi connectivity index (χ4v) is 4.99. The molecular formula is C31H28N6O5. The maximum absolute atomic E-state index is 13.3. The molecule has 3 heterocycles. The molecule has 3 aromatic heterocycles. The van der Waals surface area contributed by atoms with Crippen LogP contribution in [0.25, 0.3) is 33.5 Å². The lowest BCUT2D eigenvalue weighted by Gasteiger charge is -2.13. The Morgan fingerprint density at radius 3 is 2.52 bits per heavy atom. The first kappa shape index (κ1) is 26.9. The van der Waals surface area contributed by atoms with Crippen LogP contribution in [0, 0.1) is 6.92 Å². The number of ether oxygens (including phenoxy) is 1. The minimum absolute atomic E-state index is 0.179. The number of hydrogen-bond acceptors (Lipinski definition) is 9. The van der Waals surface area contributed by atoms with Gasteiger partial charge in [0, 0.05) is 18.5 Å². The summed E-state index contributed by atoms with van der Waals surface area (Å²) in [7, 11) is 0. The molecule has 0 saturated carbocycles. The van der Waals surface area contributed by atoms with Gasteiger partial charge in [0.15, 0.2) is 18.1 Å². The number of aromatic nitrogens is 6. The average Bonchev–Trinajstić information content (AvgIpc) is 3.74. The third kappa shape index (κ3) is 5.36. The second-order valence-corrected chi connectivity index (χ2v) is 9.88. The third-order valence-electron chi connectivity index (χ3n) is 7.11. The fourth-order valence-electron chi connectivity index (χ4n) is 4.99. The second-order valence-electron chi connectivity index (χ2n) is 9.88. The minimum atomic E-state index is -0.830. The number of rotatable bonds is 10. The molecule has 11 heteroatoms. The predicted molar refractivity (Wildman–Crippen MR) is 154 cm³/mol. The number of imidazole rings is 1. The molecule has 0 aliphatic heterocycles. The highest BCUT2D eigenvalue weighted by Crippen LogP contribution is 2.30. The van der Waals surface area contributed by atoms with E-state index in [4.69, 9.17) is 18.6 Å². The largest absolute Gasteiger partial charge is 0.519 e. The van der Waals surface area contributed by atoms with E-state index in [1.807, 2.05) is 30.3 Å². The van der Waals surface area contributed by atoms with Crippen molar-refractivity contribution >= 4 is 17.0 Å². The minimum Gasteiger partial charge on any atom is -0.454 e. The van der Waals surface area contributed by atoms with Crippen LogP contribution in [0.5, 0.6) is 0 Å². The van der Waals surface area contributed by atoms with Crippen molar-refractivity contribution in [1.29, 1.82) is 0 Å². The van der Waals surface area contributed by atoms with E-state index in [1.165, 1.54) is 0 Å². The molecule has 0 atom stereocenters. The van der Waals surface area contributed by atoms with Gasteiger partial charge in [-0.25, -0.2) is 14.6 Å². The Morgan fingerprint density at radius 2 is 1.81 bits per heavy atom. The Balaban J connectivity index is 1.32. The van der Waals surface area contributed by atoms with Gasteiger partial charge in [-0.2, -0.15) is 5.21 Å². The summed E-state index contributed by atoms with van der Waals surface area (Å²) in [6.07, 6.45) is 2.75. The number of aryl methyl sites for hydroxylation is 2. The van der Waals surface area contributed by atoms with Crippen molar-refractivity contribution in [2.75, 3.05) is 0 Å². The average molecular weight is 565 g/mol. The van der Waals surface area contributed by atoms with Crippen LogP contribution < -0.4 is 5.82 Å². The fraction of sp³-hybridized carbons (Fsp3) is 0.226. The number of esters is 1. The molecular weight excluding hydrogens is 536 g/mol. The van der Waals surface area contributed by atoms with Crippen LogP contribution in [0.1, 0.15) is 53.0 Å². The topological polar surface area (TPSA) is 142 Å². The van der Waals surface area contributed by atoms with Crippen LogP contribution in [0.3, 0.4) is 0 Å². The molecule has 0 spiro atoms. The molecule has 11 nitrogen and oxygen atoms in total. The summed E-state index contributed by atoms with van der Waals surface area (Å²) in [6, 6.07) is 21.6. The number of aromatic amines is 1. The molecule has 0 radical (unpaired) electrons. The number of unbranched alkanes of at least 4 members (excludes halogenated alkanes) is 1. The number of H-pyrrole nitrogens is 1. The SMILES string of the molecule is CCCCc1nc2cccc(C(=O)OCc3oc(=O)oc3C)c2n1Cc1ccc(-c2ccccc2-c2nn[nH]n2)cc1. The molecule has 0 fully saturated rings. The van der Waals surface area contributed by atoms with Gasteiger partial charge in [-0.05, 0) is 47.4 Å². The first-order valence-corrected chi connectivity index (χ1v) is 13.7. The van der Waals surface area contributed by atoms with Crippen LogP contribution in [-0.4, -0.2) is 36.1 Å². The molecule has 0 unspecified atom stereocenters. The van der Waals surface area contributed by atoms with Crippen molar-refractivity contribution in [1.82, 2.24) is 30.2 Å². The quantitative estimate of drug-likeness (QED) is 0.214. The number of tetrazole rings is 1. The Hall–Kier alpha value is -5.32. The van der Waals surface area contributed by atoms with Gasteiger partial charge in [0.05, 0.1) is 16.6 Å². The highest BCUT2D eigenvalue weighted by Gasteiger charge is 2.21. The Kier molecular flexibility index (Phi) is 7.46. The molecule has 1 N–H and O–H groups in total. The van der Waals surface area contributed by atoms with Gasteiger partial charge >= 0.3 is 11.8 Å². The lowest BCUT2D eigenvalue weighted by Crippen LogP contribution is -2.11. The Morgan fingerprint density at radius 1 is 1.00 bits per heavy atom. The predicted octanol–water partition coefficient (Wildman–Crippen LogP) is 5.49. The highest BCUT2D eigenvalue weighted by atomic mass is 16.6. The number of carbonyl (C=O) groups is 1. The van der Waals surface area contributed by atoms with Gasteiger partial charge in [0.1, 0.15) is 5.82 Å². The van der Waals surface area contributed by atoms with Crippen LogP contribution in [0.15, 0.2) is 80.4 Å². The molecule has 3 aromatic carbocycles. The molecule has 0 saturated heterocycles. The van der Waals surface area contributed by atoms with E-state index in [2.05, 4.69) is 56.4 Å². The molecule has 212 valence electrons. The van der Waals surface area contributed by atoms with E-state index in [0.717, 1.165) is 47.3 Å². The Labute approximate surface area is 240 Å². The third-order valence-corrected chi connectivity index (χ3v) is 7.11. The van der Waals surface area contributed by atoms with Crippen LogP contribution >= 0.6 is 0 Å². The van der Waals surface area contributed by atoms with E-state index in [9.17, 15) is 9.59 Å². The number of carbonyl (C=O) groups excluding carboxylic acids is 1. The van der Waals surface area contributed by atoms with Gasteiger partial charge in [0.25, 0.3) is 0 Å². The number of benzene rings is 3. The maximum atomic E-state index is 13.3. The van der Waals surface area contributed by atoms with Crippen LogP contribution in [-0.2, 0) is 24.3 Å². The number of para-hydroxylation sites is 1. The van der Waals surface area contributed by atoms with Crippen molar-refractivity contribution in [3.63, 3.8) is 0 Å². The van der Waals surface area contributed by atoms with E-state index >= 15 is 0 Å². The van der Waals surface area contributed by atoms with Crippen LogP contribution in [0.2, 0.25) is 0 Å². The van der Waals surface area contributed by atoms with Gasteiger partial charge < -0.3 is 18.1 Å². The van der Waals surface area contributed by atoms with E-state index < -0.39 is 11.8 Å². The molecule has 6 aromatic rings. The van der Waals surface area contributed by atoms with Gasteiger partial charge in [-0.15, -0.1) is 10.2 Å². The van der Waals surface area contributed by atoms with Crippen molar-refractivity contribution in [2.24, 2.45) is 0 Å². The lowest BCUT2D eigenvalue weighted by atomic mass is 9.98. The standard InChI is InChI=1S/C31H28N6O5/c1-3-4-12-27-32-25-11-7-10-24(30(38)40-18-26-19(2)41-31(39)42-26)28(25)37(27)17-20-13-15-21(16-14-20)22-8-5-6-9-23(22)29-33-35-36-34-29/h5-11,13-16H,3-4,12,17-18H2,1-2H3,(H,33,34,35,36).